The first-order valence-corrected chi connectivity index (χ1v) is 10.8. The van der Waals surface area contributed by atoms with Crippen molar-refractivity contribution in [3.63, 3.8) is 0 Å². The SMILES string of the molecule is CC1=NN(c2ccccc2)C2(O)C1=C1C(N)=NN=C(c3ccccc3)N1c1c(Cl)cccc12. The van der Waals surface area contributed by atoms with Crippen molar-refractivity contribution in [3.05, 3.63) is 106 Å². The molecule has 6 rings (SSSR count). The highest BCUT2D eigenvalue weighted by molar-refractivity contribution is 6.36. The number of rotatable bonds is 2. The maximum absolute atomic E-state index is 12.4. The van der Waals surface area contributed by atoms with Crippen molar-refractivity contribution >= 4 is 40.4 Å². The van der Waals surface area contributed by atoms with Crippen LogP contribution in [0.25, 0.3) is 0 Å². The zero-order chi connectivity index (χ0) is 22.7. The molecule has 0 radical (unpaired) electrons. The fourth-order valence-corrected chi connectivity index (χ4v) is 4.96. The zero-order valence-electron chi connectivity index (χ0n) is 17.6. The van der Waals surface area contributed by atoms with Crippen LogP contribution in [0.5, 0.6) is 0 Å². The lowest BCUT2D eigenvalue weighted by molar-refractivity contribution is 0.0831. The number of nitrogens with zero attached hydrogens (tertiary/aromatic N) is 5. The summed E-state index contributed by atoms with van der Waals surface area (Å²) in [6, 6.07) is 24.7. The van der Waals surface area contributed by atoms with Gasteiger partial charge in [-0.05, 0) is 25.1 Å². The molecule has 3 heterocycles. The molecule has 0 amide bonds. The largest absolute Gasteiger partial charge is 0.380 e. The highest BCUT2D eigenvalue weighted by Crippen LogP contribution is 2.53. The summed E-state index contributed by atoms with van der Waals surface area (Å²) in [5, 5.41) is 27.9. The van der Waals surface area contributed by atoms with Crippen molar-refractivity contribution in [2.24, 2.45) is 21.0 Å². The van der Waals surface area contributed by atoms with E-state index in [4.69, 9.17) is 22.4 Å². The van der Waals surface area contributed by atoms with Crippen LogP contribution >= 0.6 is 11.6 Å². The van der Waals surface area contributed by atoms with E-state index in [1.54, 1.807) is 11.1 Å². The molecule has 0 aliphatic carbocycles. The number of hydrazone groups is 1. The number of nitrogens with two attached hydrogens (primary N) is 1. The minimum atomic E-state index is -1.63. The number of anilines is 2. The van der Waals surface area contributed by atoms with E-state index in [2.05, 4.69) is 10.2 Å². The second kappa shape index (κ2) is 7.03. The topological polar surface area (TPSA) is 89.8 Å². The summed E-state index contributed by atoms with van der Waals surface area (Å²) in [5.41, 5.74) is 9.22. The van der Waals surface area contributed by atoms with Gasteiger partial charge >= 0.3 is 0 Å². The standard InChI is InChI=1S/C25H19ClN6O/c1-15-20-22-23(27)28-29-24(16-9-4-2-5-10-16)31(22)21-18(13-8-14-19(21)26)25(20,33)32(30-15)17-11-6-3-7-12-17/h2-14,33H,1H3,(H2,27,28). The van der Waals surface area contributed by atoms with Crippen LogP contribution in [-0.2, 0) is 5.72 Å². The molecule has 8 heteroatoms. The van der Waals surface area contributed by atoms with Crippen LogP contribution in [0.15, 0.2) is 105 Å². The van der Waals surface area contributed by atoms with Gasteiger partial charge in [0.2, 0.25) is 5.72 Å². The van der Waals surface area contributed by atoms with E-state index in [-0.39, 0.29) is 5.84 Å². The Kier molecular flexibility index (Phi) is 4.20. The Hall–Kier alpha value is -3.94. The fourth-order valence-electron chi connectivity index (χ4n) is 4.70. The summed E-state index contributed by atoms with van der Waals surface area (Å²) in [7, 11) is 0. The van der Waals surface area contributed by atoms with E-state index >= 15 is 0 Å². The van der Waals surface area contributed by atoms with Crippen LogP contribution in [0.2, 0.25) is 5.02 Å². The quantitative estimate of drug-likeness (QED) is 0.607. The number of para-hydroxylation sites is 2. The van der Waals surface area contributed by atoms with Crippen LogP contribution in [0, 0.1) is 0 Å². The molecule has 0 bridgehead atoms. The molecule has 3 N–H and O–H groups in total. The smallest absolute Gasteiger partial charge is 0.217 e. The predicted molar refractivity (Wildman–Crippen MR) is 131 cm³/mol. The van der Waals surface area contributed by atoms with Crippen molar-refractivity contribution in [2.45, 2.75) is 12.6 Å². The Morgan fingerprint density at radius 1 is 0.909 bits per heavy atom. The molecule has 0 spiro atoms. The van der Waals surface area contributed by atoms with E-state index in [0.717, 1.165) is 11.3 Å². The molecule has 33 heavy (non-hydrogen) atoms. The van der Waals surface area contributed by atoms with Crippen LogP contribution < -0.4 is 15.6 Å². The van der Waals surface area contributed by atoms with Gasteiger partial charge in [-0.3, -0.25) is 4.90 Å². The lowest BCUT2D eigenvalue weighted by Crippen LogP contribution is -2.52. The molecule has 3 aromatic carbocycles. The summed E-state index contributed by atoms with van der Waals surface area (Å²) in [6.45, 7) is 1.85. The van der Waals surface area contributed by atoms with Gasteiger partial charge in [0.25, 0.3) is 0 Å². The van der Waals surface area contributed by atoms with Crippen molar-refractivity contribution in [2.75, 3.05) is 9.91 Å². The molecular weight excluding hydrogens is 436 g/mol. The van der Waals surface area contributed by atoms with Gasteiger partial charge in [0, 0.05) is 11.1 Å². The first-order chi connectivity index (χ1) is 16.0. The Labute approximate surface area is 195 Å². The average Bonchev–Trinajstić information content (AvgIpc) is 3.12. The van der Waals surface area contributed by atoms with E-state index in [1.165, 1.54) is 0 Å². The average molecular weight is 455 g/mol. The Morgan fingerprint density at radius 3 is 2.33 bits per heavy atom. The molecular formula is C25H19ClN6O. The summed E-state index contributed by atoms with van der Waals surface area (Å²) < 4.78 is 0. The summed E-state index contributed by atoms with van der Waals surface area (Å²) in [5.74, 6) is 0.743. The zero-order valence-corrected chi connectivity index (χ0v) is 18.4. The summed E-state index contributed by atoms with van der Waals surface area (Å²) >= 11 is 6.78. The number of benzene rings is 3. The second-order valence-corrected chi connectivity index (χ2v) is 8.38. The van der Waals surface area contributed by atoms with Crippen LogP contribution in [-0.4, -0.2) is 22.5 Å². The van der Waals surface area contributed by atoms with Crippen LogP contribution in [0.1, 0.15) is 18.1 Å². The first-order valence-electron chi connectivity index (χ1n) is 10.5. The molecule has 0 fully saturated rings. The van der Waals surface area contributed by atoms with Gasteiger partial charge in [-0.2, -0.15) is 5.10 Å². The number of hydrogen-bond acceptors (Lipinski definition) is 7. The van der Waals surface area contributed by atoms with Crippen molar-refractivity contribution in [1.82, 2.24) is 0 Å². The van der Waals surface area contributed by atoms with Crippen molar-refractivity contribution in [1.29, 1.82) is 0 Å². The second-order valence-electron chi connectivity index (χ2n) is 7.97. The lowest BCUT2D eigenvalue weighted by Gasteiger charge is -2.44. The molecule has 0 aromatic heterocycles. The van der Waals surface area contributed by atoms with Crippen LogP contribution in [0.4, 0.5) is 11.4 Å². The number of aliphatic hydroxyl groups is 1. The number of fused-ring (bicyclic) bond motifs is 5. The van der Waals surface area contributed by atoms with E-state index in [9.17, 15) is 5.11 Å². The normalized spacial score (nSPS) is 21.1. The Balaban J connectivity index is 1.69. The van der Waals surface area contributed by atoms with Gasteiger partial charge in [0.15, 0.2) is 11.7 Å². The molecule has 3 aliphatic heterocycles. The van der Waals surface area contributed by atoms with E-state index < -0.39 is 5.72 Å². The van der Waals surface area contributed by atoms with Crippen molar-refractivity contribution < 1.29 is 5.11 Å². The maximum Gasteiger partial charge on any atom is 0.217 e. The van der Waals surface area contributed by atoms with E-state index in [1.807, 2.05) is 84.6 Å². The molecule has 7 nitrogen and oxygen atoms in total. The molecule has 0 saturated heterocycles. The minimum absolute atomic E-state index is 0.179. The van der Waals surface area contributed by atoms with Crippen molar-refractivity contribution in [3.8, 4) is 0 Å². The van der Waals surface area contributed by atoms with Crippen LogP contribution in [0.3, 0.4) is 0 Å². The third kappa shape index (κ3) is 2.63. The first kappa shape index (κ1) is 19.7. The van der Waals surface area contributed by atoms with E-state index in [0.29, 0.717) is 39.1 Å². The molecule has 3 aliphatic rings. The molecule has 0 saturated carbocycles. The third-order valence-corrected chi connectivity index (χ3v) is 6.36. The predicted octanol–water partition coefficient (Wildman–Crippen LogP) is 4.19. The third-order valence-electron chi connectivity index (χ3n) is 6.05. The minimum Gasteiger partial charge on any atom is -0.380 e. The lowest BCUT2D eigenvalue weighted by atomic mass is 9.84. The van der Waals surface area contributed by atoms with Gasteiger partial charge in [-0.1, -0.05) is 72.3 Å². The number of halogens is 1. The van der Waals surface area contributed by atoms with Gasteiger partial charge in [0.05, 0.1) is 27.7 Å². The maximum atomic E-state index is 12.4. The highest BCUT2D eigenvalue weighted by atomic mass is 35.5. The molecule has 1 unspecified atom stereocenters. The summed E-state index contributed by atoms with van der Waals surface area (Å²) in [6.07, 6.45) is 0. The van der Waals surface area contributed by atoms with Gasteiger partial charge in [-0.25, -0.2) is 5.01 Å². The Bertz CT molecular complexity index is 1410. The summed E-state index contributed by atoms with van der Waals surface area (Å²) in [4.78, 5) is 1.88. The Morgan fingerprint density at radius 2 is 1.61 bits per heavy atom. The number of hydrogen-bond donors (Lipinski definition) is 2. The van der Waals surface area contributed by atoms with Gasteiger partial charge in [0.1, 0.15) is 5.70 Å². The molecule has 1 atom stereocenters. The monoisotopic (exact) mass is 454 g/mol. The van der Waals surface area contributed by atoms with Gasteiger partial charge < -0.3 is 10.8 Å². The number of amidine groups is 2. The highest BCUT2D eigenvalue weighted by Gasteiger charge is 2.55. The molecule has 3 aromatic rings. The fraction of sp³-hybridized carbons (Fsp3) is 0.0800. The van der Waals surface area contributed by atoms with Gasteiger partial charge in [-0.15, -0.1) is 10.2 Å². The molecule has 162 valence electrons.